The molecule has 1 atom stereocenters. The number of rotatable bonds is 3. The van der Waals surface area contributed by atoms with E-state index in [4.69, 9.17) is 0 Å². The maximum atomic E-state index is 4.62. The van der Waals surface area contributed by atoms with Gasteiger partial charge < -0.3 is 5.32 Å². The minimum absolute atomic E-state index is 0.455. The summed E-state index contributed by atoms with van der Waals surface area (Å²) in [6.07, 6.45) is 4.95. The highest BCUT2D eigenvalue weighted by molar-refractivity contribution is 5.16. The summed E-state index contributed by atoms with van der Waals surface area (Å²) in [5.74, 6) is 0. The Hall–Kier alpha value is -0.870. The lowest BCUT2D eigenvalue weighted by Gasteiger charge is -2.22. The highest BCUT2D eigenvalue weighted by atomic mass is 15.3. The SMILES string of the molecule is Cc1nn(C(C)C)cc1CN1CCC2(CCNC2)C1. The molecule has 2 aliphatic rings. The Morgan fingerprint density at radius 1 is 1.42 bits per heavy atom. The van der Waals surface area contributed by atoms with Gasteiger partial charge in [0.15, 0.2) is 0 Å². The van der Waals surface area contributed by atoms with Crippen LogP contribution in [-0.2, 0) is 6.54 Å². The van der Waals surface area contributed by atoms with Crippen molar-refractivity contribution >= 4 is 0 Å². The topological polar surface area (TPSA) is 33.1 Å². The number of likely N-dealkylation sites (tertiary alicyclic amines) is 1. The molecular weight excluding hydrogens is 236 g/mol. The standard InChI is InChI=1S/C15H26N4/c1-12(2)19-9-14(13(3)17-19)8-18-7-5-15(11-18)4-6-16-10-15/h9,12,16H,4-8,10-11H2,1-3H3. The molecule has 0 bridgehead atoms. The average Bonchev–Trinajstić information content (AvgIpc) is 3.05. The van der Waals surface area contributed by atoms with E-state index in [0.29, 0.717) is 11.5 Å². The van der Waals surface area contributed by atoms with E-state index in [2.05, 4.69) is 47.0 Å². The Balaban J connectivity index is 1.66. The summed E-state index contributed by atoms with van der Waals surface area (Å²) in [5, 5.41) is 8.15. The molecule has 1 aromatic rings. The van der Waals surface area contributed by atoms with Crippen LogP contribution in [0.4, 0.5) is 0 Å². The minimum atomic E-state index is 0.455. The third-order valence-electron chi connectivity index (χ3n) is 4.79. The first-order valence-corrected chi connectivity index (χ1v) is 7.56. The van der Waals surface area contributed by atoms with Gasteiger partial charge in [-0.25, -0.2) is 0 Å². The van der Waals surface area contributed by atoms with Crippen molar-refractivity contribution in [3.63, 3.8) is 0 Å². The fourth-order valence-electron chi connectivity index (χ4n) is 3.49. The van der Waals surface area contributed by atoms with Gasteiger partial charge in [-0.2, -0.15) is 5.10 Å². The van der Waals surface area contributed by atoms with Crippen molar-refractivity contribution in [2.45, 2.75) is 46.2 Å². The third kappa shape index (κ3) is 2.56. The van der Waals surface area contributed by atoms with E-state index in [9.17, 15) is 0 Å². The Bertz CT molecular complexity index is 443. The van der Waals surface area contributed by atoms with Gasteiger partial charge in [0.25, 0.3) is 0 Å². The van der Waals surface area contributed by atoms with Crippen LogP contribution in [0.3, 0.4) is 0 Å². The first-order valence-electron chi connectivity index (χ1n) is 7.56. The molecule has 0 radical (unpaired) electrons. The molecule has 1 unspecified atom stereocenters. The normalized spacial score (nSPS) is 28.0. The second-order valence-electron chi connectivity index (χ2n) is 6.70. The van der Waals surface area contributed by atoms with Crippen LogP contribution < -0.4 is 5.32 Å². The van der Waals surface area contributed by atoms with Crippen LogP contribution in [0.5, 0.6) is 0 Å². The molecule has 0 aromatic carbocycles. The predicted octanol–water partition coefficient (Wildman–Crippen LogP) is 1.96. The second-order valence-corrected chi connectivity index (χ2v) is 6.70. The van der Waals surface area contributed by atoms with E-state index in [1.165, 1.54) is 50.3 Å². The van der Waals surface area contributed by atoms with Crippen LogP contribution >= 0.6 is 0 Å². The van der Waals surface area contributed by atoms with Crippen LogP contribution in [0.25, 0.3) is 0 Å². The zero-order valence-electron chi connectivity index (χ0n) is 12.4. The van der Waals surface area contributed by atoms with Gasteiger partial charge in [-0.05, 0) is 52.1 Å². The van der Waals surface area contributed by atoms with Crippen LogP contribution in [-0.4, -0.2) is 40.9 Å². The van der Waals surface area contributed by atoms with Gasteiger partial charge in [0, 0.05) is 37.4 Å². The van der Waals surface area contributed by atoms with Crippen LogP contribution in [0, 0.1) is 12.3 Å². The van der Waals surface area contributed by atoms with Crippen LogP contribution in [0.2, 0.25) is 0 Å². The molecule has 1 spiro atoms. The highest BCUT2D eigenvalue weighted by Crippen LogP contribution is 2.36. The number of hydrogen-bond donors (Lipinski definition) is 1. The van der Waals surface area contributed by atoms with Crippen molar-refractivity contribution in [3.05, 3.63) is 17.5 Å². The predicted molar refractivity (Wildman–Crippen MR) is 77.2 cm³/mol. The van der Waals surface area contributed by atoms with Crippen molar-refractivity contribution in [3.8, 4) is 0 Å². The third-order valence-corrected chi connectivity index (χ3v) is 4.79. The maximum Gasteiger partial charge on any atom is 0.0638 e. The van der Waals surface area contributed by atoms with E-state index in [0.717, 1.165) is 6.54 Å². The fourth-order valence-corrected chi connectivity index (χ4v) is 3.49. The van der Waals surface area contributed by atoms with Gasteiger partial charge in [-0.3, -0.25) is 9.58 Å². The summed E-state index contributed by atoms with van der Waals surface area (Å²) in [6, 6.07) is 0.455. The molecule has 106 valence electrons. The lowest BCUT2D eigenvalue weighted by atomic mass is 9.87. The van der Waals surface area contributed by atoms with Crippen molar-refractivity contribution in [1.82, 2.24) is 20.0 Å². The molecule has 3 rings (SSSR count). The van der Waals surface area contributed by atoms with Crippen LogP contribution in [0.1, 0.15) is 44.0 Å². The molecule has 19 heavy (non-hydrogen) atoms. The zero-order chi connectivity index (χ0) is 13.5. The number of aromatic nitrogens is 2. The summed E-state index contributed by atoms with van der Waals surface area (Å²) in [4.78, 5) is 2.61. The van der Waals surface area contributed by atoms with Crippen molar-refractivity contribution in [2.24, 2.45) is 5.41 Å². The largest absolute Gasteiger partial charge is 0.316 e. The van der Waals surface area contributed by atoms with E-state index in [1.54, 1.807) is 0 Å². The summed E-state index contributed by atoms with van der Waals surface area (Å²) in [6.45, 7) is 12.5. The Morgan fingerprint density at radius 3 is 2.89 bits per heavy atom. The number of hydrogen-bond acceptors (Lipinski definition) is 3. The first kappa shape index (κ1) is 13.1. The number of aryl methyl sites for hydroxylation is 1. The molecule has 2 aliphatic heterocycles. The summed E-state index contributed by atoms with van der Waals surface area (Å²) in [5.41, 5.74) is 3.16. The Morgan fingerprint density at radius 2 is 2.26 bits per heavy atom. The van der Waals surface area contributed by atoms with Gasteiger partial charge in [0.1, 0.15) is 0 Å². The average molecular weight is 262 g/mol. The molecule has 0 aliphatic carbocycles. The van der Waals surface area contributed by atoms with Gasteiger partial charge in [0.05, 0.1) is 5.69 Å². The molecule has 4 nitrogen and oxygen atoms in total. The van der Waals surface area contributed by atoms with Gasteiger partial charge in [-0.15, -0.1) is 0 Å². The zero-order valence-corrected chi connectivity index (χ0v) is 12.4. The van der Waals surface area contributed by atoms with Crippen molar-refractivity contribution < 1.29 is 0 Å². The highest BCUT2D eigenvalue weighted by Gasteiger charge is 2.40. The molecule has 1 N–H and O–H groups in total. The van der Waals surface area contributed by atoms with Crippen LogP contribution in [0.15, 0.2) is 6.20 Å². The van der Waals surface area contributed by atoms with E-state index in [-0.39, 0.29) is 0 Å². The lowest BCUT2D eigenvalue weighted by Crippen LogP contribution is -2.29. The van der Waals surface area contributed by atoms with E-state index < -0.39 is 0 Å². The van der Waals surface area contributed by atoms with Gasteiger partial charge in [0.2, 0.25) is 0 Å². The second kappa shape index (κ2) is 4.91. The Kier molecular flexibility index (Phi) is 3.39. The quantitative estimate of drug-likeness (QED) is 0.904. The minimum Gasteiger partial charge on any atom is -0.316 e. The molecular formula is C15H26N4. The van der Waals surface area contributed by atoms with E-state index >= 15 is 0 Å². The number of nitrogens with one attached hydrogen (secondary N) is 1. The smallest absolute Gasteiger partial charge is 0.0638 e. The van der Waals surface area contributed by atoms with Gasteiger partial charge in [-0.1, -0.05) is 0 Å². The molecule has 0 saturated carbocycles. The molecule has 4 heteroatoms. The molecule has 3 heterocycles. The van der Waals surface area contributed by atoms with Gasteiger partial charge >= 0.3 is 0 Å². The fraction of sp³-hybridized carbons (Fsp3) is 0.800. The number of nitrogens with zero attached hydrogens (tertiary/aromatic N) is 3. The van der Waals surface area contributed by atoms with Crippen molar-refractivity contribution in [2.75, 3.05) is 26.2 Å². The Labute approximate surface area is 116 Å². The van der Waals surface area contributed by atoms with Crippen molar-refractivity contribution in [1.29, 1.82) is 0 Å². The summed E-state index contributed by atoms with van der Waals surface area (Å²) in [7, 11) is 0. The summed E-state index contributed by atoms with van der Waals surface area (Å²) >= 11 is 0. The molecule has 2 fully saturated rings. The first-order chi connectivity index (χ1) is 9.08. The maximum absolute atomic E-state index is 4.62. The monoisotopic (exact) mass is 262 g/mol. The lowest BCUT2D eigenvalue weighted by molar-refractivity contribution is 0.268. The van der Waals surface area contributed by atoms with E-state index in [1.807, 2.05) is 0 Å². The molecule has 1 aromatic heterocycles. The summed E-state index contributed by atoms with van der Waals surface area (Å²) < 4.78 is 2.09. The molecule has 2 saturated heterocycles. The molecule has 0 amide bonds.